The molecule has 0 aliphatic heterocycles. The monoisotopic (exact) mass is 458 g/mol. The van der Waals surface area contributed by atoms with Gasteiger partial charge in [0.2, 0.25) is 0 Å². The van der Waals surface area contributed by atoms with Crippen LogP contribution in [0.2, 0.25) is 10.0 Å². The highest BCUT2D eigenvalue weighted by molar-refractivity contribution is 6.37. The fraction of sp³-hybridized carbons (Fsp3) is 0.174. The molecule has 0 saturated carbocycles. The Labute approximate surface area is 189 Å². The van der Waals surface area contributed by atoms with Crippen molar-refractivity contribution in [1.29, 1.82) is 0 Å². The number of halogens is 2. The number of carboxylic acid groups (broad SMARTS) is 1. The predicted molar refractivity (Wildman–Crippen MR) is 121 cm³/mol. The number of hydrogen-bond acceptors (Lipinski definition) is 4. The number of carbonyl (C=O) groups excluding carboxylic acids is 1. The summed E-state index contributed by atoms with van der Waals surface area (Å²) < 4.78 is 5.68. The van der Waals surface area contributed by atoms with E-state index in [2.05, 4.69) is 17.2 Å². The summed E-state index contributed by atoms with van der Waals surface area (Å²) >= 11 is 11.9. The van der Waals surface area contributed by atoms with Gasteiger partial charge in [0.1, 0.15) is 5.75 Å². The molecule has 0 aliphatic carbocycles. The molecule has 0 radical (unpaired) electrons. The lowest BCUT2D eigenvalue weighted by molar-refractivity contribution is 0.0697. The van der Waals surface area contributed by atoms with E-state index in [9.17, 15) is 14.7 Å². The van der Waals surface area contributed by atoms with Crippen LogP contribution in [0.1, 0.15) is 38.9 Å². The van der Waals surface area contributed by atoms with Crippen molar-refractivity contribution in [2.75, 3.05) is 11.9 Å². The summed E-state index contributed by atoms with van der Waals surface area (Å²) in [5.41, 5.74) is 2.27. The van der Waals surface area contributed by atoms with Crippen LogP contribution < -0.4 is 10.1 Å². The number of benzene rings is 2. The number of aryl methyl sites for hydroxylation is 1. The maximum absolute atomic E-state index is 12.5. The summed E-state index contributed by atoms with van der Waals surface area (Å²) in [6.45, 7) is 2.40. The Bertz CT molecular complexity index is 1100. The van der Waals surface area contributed by atoms with E-state index in [1.54, 1.807) is 6.07 Å². The summed E-state index contributed by atoms with van der Waals surface area (Å²) in [4.78, 5) is 28.6. The fourth-order valence-electron chi connectivity index (χ4n) is 2.85. The molecule has 0 unspecified atom stereocenters. The SMILES string of the molecule is CCc1ccc(CCOc2ccc(NC(=O)c3ccc(Cl)cc3Cl)c(C(=O)O)c2)nc1. The summed E-state index contributed by atoms with van der Waals surface area (Å²) in [6.07, 6.45) is 3.34. The third-order valence-electron chi connectivity index (χ3n) is 4.57. The predicted octanol–water partition coefficient (Wildman–Crippen LogP) is 5.52. The van der Waals surface area contributed by atoms with Gasteiger partial charge in [-0.1, -0.05) is 36.2 Å². The number of carbonyl (C=O) groups is 2. The summed E-state index contributed by atoms with van der Waals surface area (Å²) in [5, 5.41) is 12.7. The smallest absolute Gasteiger partial charge is 0.337 e. The van der Waals surface area contributed by atoms with Crippen molar-refractivity contribution in [3.63, 3.8) is 0 Å². The van der Waals surface area contributed by atoms with Crippen molar-refractivity contribution < 1.29 is 19.4 Å². The number of aromatic carboxylic acids is 1. The average Bonchev–Trinajstić information content (AvgIpc) is 2.75. The molecule has 1 heterocycles. The lowest BCUT2D eigenvalue weighted by Crippen LogP contribution is -2.15. The zero-order valence-corrected chi connectivity index (χ0v) is 18.2. The molecule has 8 heteroatoms. The molecule has 0 aliphatic rings. The highest BCUT2D eigenvalue weighted by atomic mass is 35.5. The highest BCUT2D eigenvalue weighted by Gasteiger charge is 2.17. The van der Waals surface area contributed by atoms with E-state index in [0.29, 0.717) is 23.8 Å². The topological polar surface area (TPSA) is 88.5 Å². The normalized spacial score (nSPS) is 10.5. The second-order valence-electron chi connectivity index (χ2n) is 6.70. The maximum Gasteiger partial charge on any atom is 0.337 e. The minimum Gasteiger partial charge on any atom is -0.493 e. The van der Waals surface area contributed by atoms with E-state index in [4.69, 9.17) is 27.9 Å². The van der Waals surface area contributed by atoms with Crippen molar-refractivity contribution in [2.45, 2.75) is 19.8 Å². The van der Waals surface area contributed by atoms with E-state index in [-0.39, 0.29) is 21.8 Å². The zero-order chi connectivity index (χ0) is 22.4. The van der Waals surface area contributed by atoms with Crippen molar-refractivity contribution >= 4 is 40.8 Å². The Morgan fingerprint density at radius 3 is 2.52 bits per heavy atom. The summed E-state index contributed by atoms with van der Waals surface area (Å²) in [6, 6.07) is 12.9. The molecule has 0 atom stereocenters. The molecule has 6 nitrogen and oxygen atoms in total. The van der Waals surface area contributed by atoms with Gasteiger partial charge < -0.3 is 15.2 Å². The first-order valence-corrected chi connectivity index (χ1v) is 10.3. The summed E-state index contributed by atoms with van der Waals surface area (Å²) in [7, 11) is 0. The molecule has 3 aromatic rings. The van der Waals surface area contributed by atoms with Crippen LogP contribution >= 0.6 is 23.2 Å². The van der Waals surface area contributed by atoms with Gasteiger partial charge >= 0.3 is 5.97 Å². The van der Waals surface area contributed by atoms with Crippen molar-refractivity contribution in [2.24, 2.45) is 0 Å². The first-order valence-electron chi connectivity index (χ1n) is 9.57. The Hall–Kier alpha value is -3.09. The van der Waals surface area contributed by atoms with Crippen LogP contribution in [0.3, 0.4) is 0 Å². The lowest BCUT2D eigenvalue weighted by Gasteiger charge is -2.12. The van der Waals surface area contributed by atoms with Gasteiger partial charge in [-0.3, -0.25) is 9.78 Å². The second-order valence-corrected chi connectivity index (χ2v) is 7.54. The molecular formula is C23H20Cl2N2O4. The number of aromatic nitrogens is 1. The molecule has 1 amide bonds. The number of pyridine rings is 1. The average molecular weight is 459 g/mol. The number of anilines is 1. The molecule has 2 N–H and O–H groups in total. The van der Waals surface area contributed by atoms with Gasteiger partial charge in [0.25, 0.3) is 5.91 Å². The second kappa shape index (κ2) is 10.3. The molecule has 3 rings (SSSR count). The lowest BCUT2D eigenvalue weighted by atomic mass is 10.1. The van der Waals surface area contributed by atoms with Crippen LogP contribution in [0.5, 0.6) is 5.75 Å². The van der Waals surface area contributed by atoms with E-state index < -0.39 is 11.9 Å². The van der Waals surface area contributed by atoms with E-state index in [1.807, 2.05) is 18.3 Å². The van der Waals surface area contributed by atoms with Gasteiger partial charge in [-0.15, -0.1) is 0 Å². The molecule has 160 valence electrons. The van der Waals surface area contributed by atoms with Crippen molar-refractivity contribution in [3.8, 4) is 5.75 Å². The van der Waals surface area contributed by atoms with Gasteiger partial charge in [0.15, 0.2) is 0 Å². The van der Waals surface area contributed by atoms with Gasteiger partial charge in [0, 0.05) is 23.3 Å². The van der Waals surface area contributed by atoms with E-state index in [1.165, 1.54) is 30.3 Å². The number of ether oxygens (including phenoxy) is 1. The minimum absolute atomic E-state index is 0.0960. The van der Waals surface area contributed by atoms with Gasteiger partial charge in [-0.05, 0) is 54.4 Å². The van der Waals surface area contributed by atoms with Crippen LogP contribution in [-0.4, -0.2) is 28.6 Å². The van der Waals surface area contributed by atoms with Crippen molar-refractivity contribution in [1.82, 2.24) is 4.98 Å². The maximum atomic E-state index is 12.5. The largest absolute Gasteiger partial charge is 0.493 e. The van der Waals surface area contributed by atoms with Crippen molar-refractivity contribution in [3.05, 3.63) is 87.2 Å². The first kappa shape index (κ1) is 22.6. The molecule has 1 aromatic heterocycles. The fourth-order valence-corrected chi connectivity index (χ4v) is 3.34. The molecule has 0 spiro atoms. The van der Waals surface area contributed by atoms with E-state index in [0.717, 1.165) is 17.7 Å². The third-order valence-corrected chi connectivity index (χ3v) is 5.11. The Kier molecular flexibility index (Phi) is 7.50. The minimum atomic E-state index is -1.19. The molecule has 0 bridgehead atoms. The number of carboxylic acids is 1. The van der Waals surface area contributed by atoms with E-state index >= 15 is 0 Å². The third kappa shape index (κ3) is 5.96. The van der Waals surface area contributed by atoms with Crippen LogP contribution in [0.4, 0.5) is 5.69 Å². The van der Waals surface area contributed by atoms with Crippen LogP contribution in [-0.2, 0) is 12.8 Å². The van der Waals surface area contributed by atoms with Gasteiger partial charge in [-0.25, -0.2) is 4.79 Å². The molecule has 0 saturated heterocycles. The number of nitrogens with zero attached hydrogens (tertiary/aromatic N) is 1. The van der Waals surface area contributed by atoms with Gasteiger partial charge in [0.05, 0.1) is 28.4 Å². The van der Waals surface area contributed by atoms with Crippen LogP contribution in [0.15, 0.2) is 54.7 Å². The Balaban J connectivity index is 1.68. The first-order chi connectivity index (χ1) is 14.9. The number of rotatable bonds is 8. The molecule has 0 fully saturated rings. The zero-order valence-electron chi connectivity index (χ0n) is 16.7. The standard InChI is InChI=1S/C23H20Cl2N2O4/c1-2-14-3-5-16(26-13-14)9-10-31-17-6-8-21(19(12-17)23(29)30)27-22(28)18-7-4-15(24)11-20(18)25/h3-8,11-13H,2,9-10H2,1H3,(H,27,28)(H,29,30). The van der Waals surface area contributed by atoms with Crippen LogP contribution in [0.25, 0.3) is 0 Å². The Morgan fingerprint density at radius 1 is 1.06 bits per heavy atom. The highest BCUT2D eigenvalue weighted by Crippen LogP contribution is 2.26. The number of hydrogen-bond donors (Lipinski definition) is 2. The summed E-state index contributed by atoms with van der Waals surface area (Å²) in [5.74, 6) is -1.36. The quantitative estimate of drug-likeness (QED) is 0.463. The van der Waals surface area contributed by atoms with Gasteiger partial charge in [-0.2, -0.15) is 0 Å². The van der Waals surface area contributed by atoms with Crippen LogP contribution in [0, 0.1) is 0 Å². The Morgan fingerprint density at radius 2 is 1.87 bits per heavy atom. The molecule has 2 aromatic carbocycles. The molecular weight excluding hydrogens is 439 g/mol. The molecule has 31 heavy (non-hydrogen) atoms. The number of nitrogens with one attached hydrogen (secondary N) is 1. The number of amides is 1.